The Morgan fingerprint density at radius 2 is 1.94 bits per heavy atom. The van der Waals surface area contributed by atoms with Crippen molar-refractivity contribution in [2.45, 2.75) is 46.6 Å². The predicted molar refractivity (Wildman–Crippen MR) is 120 cm³/mol. The molecule has 176 valence electrons. The number of hydrogen-bond acceptors (Lipinski definition) is 8. The average Bonchev–Trinajstić information content (AvgIpc) is 3.49. The van der Waals surface area contributed by atoms with Gasteiger partial charge in [-0.15, -0.1) is 0 Å². The van der Waals surface area contributed by atoms with E-state index in [1.165, 1.54) is 0 Å². The summed E-state index contributed by atoms with van der Waals surface area (Å²) in [7, 11) is 0. The van der Waals surface area contributed by atoms with E-state index in [1.54, 1.807) is 23.1 Å². The zero-order chi connectivity index (χ0) is 23.8. The number of phenolic OH excluding ortho intramolecular Hbond substituents is 1. The Hall–Kier alpha value is -3.69. The SMILES string of the molecule is Cc1ccc([C@H](Nc2c(Nc3cccc(C(=O)N4CCCC4)c3O)no[n+]2O)C(C)(C)C)o1. The van der Waals surface area contributed by atoms with Gasteiger partial charge in [0.1, 0.15) is 27.6 Å². The molecule has 1 atom stereocenters. The molecule has 3 heterocycles. The molecule has 0 saturated carbocycles. The Morgan fingerprint density at radius 1 is 1.21 bits per heavy atom. The molecule has 10 heteroatoms. The first-order valence-electron chi connectivity index (χ1n) is 11.0. The van der Waals surface area contributed by atoms with Crippen LogP contribution in [0.2, 0.25) is 0 Å². The quantitative estimate of drug-likeness (QED) is 0.324. The van der Waals surface area contributed by atoms with E-state index in [1.807, 2.05) is 39.8 Å². The van der Waals surface area contributed by atoms with Crippen LogP contribution in [0.25, 0.3) is 0 Å². The number of aromatic nitrogens is 2. The Bertz CT molecular complexity index is 1140. The van der Waals surface area contributed by atoms with E-state index in [0.29, 0.717) is 23.8 Å². The molecule has 1 amide bonds. The van der Waals surface area contributed by atoms with E-state index >= 15 is 0 Å². The number of rotatable bonds is 6. The number of carbonyl (C=O) groups excluding carboxylic acids is 1. The lowest BCUT2D eigenvalue weighted by atomic mass is 9.85. The van der Waals surface area contributed by atoms with E-state index in [-0.39, 0.29) is 46.0 Å². The van der Waals surface area contributed by atoms with Crippen molar-refractivity contribution in [3.05, 3.63) is 47.4 Å². The minimum absolute atomic E-state index is 0.135. The van der Waals surface area contributed by atoms with E-state index in [0.717, 1.165) is 18.6 Å². The molecule has 1 aliphatic heterocycles. The second-order valence-electron chi connectivity index (χ2n) is 9.36. The fraction of sp³-hybridized carbons (Fsp3) is 0.435. The number of phenols is 1. The summed E-state index contributed by atoms with van der Waals surface area (Å²) in [5.41, 5.74) is 0.171. The average molecular weight is 457 g/mol. The minimum Gasteiger partial charge on any atom is -0.505 e. The second-order valence-corrected chi connectivity index (χ2v) is 9.36. The van der Waals surface area contributed by atoms with Gasteiger partial charge in [-0.1, -0.05) is 31.5 Å². The van der Waals surface area contributed by atoms with Gasteiger partial charge in [-0.05, 0) is 44.0 Å². The smallest absolute Gasteiger partial charge is 0.367 e. The first-order valence-corrected chi connectivity index (χ1v) is 11.0. The topological polar surface area (TPSA) is 128 Å². The van der Waals surface area contributed by atoms with Crippen molar-refractivity contribution in [2.24, 2.45) is 5.41 Å². The molecule has 0 aliphatic carbocycles. The molecule has 33 heavy (non-hydrogen) atoms. The van der Waals surface area contributed by atoms with Crippen LogP contribution in [0, 0.1) is 12.3 Å². The lowest BCUT2D eigenvalue weighted by Gasteiger charge is -2.27. The third kappa shape index (κ3) is 4.59. The summed E-state index contributed by atoms with van der Waals surface area (Å²) in [6.07, 6.45) is 1.91. The summed E-state index contributed by atoms with van der Waals surface area (Å²) in [6.45, 7) is 9.32. The number of anilines is 3. The summed E-state index contributed by atoms with van der Waals surface area (Å²) < 4.78 is 10.8. The Kier molecular flexibility index (Phi) is 5.92. The van der Waals surface area contributed by atoms with Gasteiger partial charge in [-0.2, -0.15) is 0 Å². The van der Waals surface area contributed by atoms with Crippen molar-refractivity contribution >= 4 is 23.2 Å². The highest BCUT2D eigenvalue weighted by Crippen LogP contribution is 2.38. The third-order valence-electron chi connectivity index (χ3n) is 5.73. The molecular weight excluding hydrogens is 426 g/mol. The number of nitrogens with one attached hydrogen (secondary N) is 2. The molecule has 0 radical (unpaired) electrons. The van der Waals surface area contributed by atoms with Crippen LogP contribution in [0.15, 0.2) is 39.4 Å². The number of nitrogens with zero attached hydrogens (tertiary/aromatic N) is 3. The number of carbonyl (C=O) groups is 1. The monoisotopic (exact) mass is 456 g/mol. The Labute approximate surface area is 191 Å². The zero-order valence-corrected chi connectivity index (χ0v) is 19.3. The van der Waals surface area contributed by atoms with Gasteiger partial charge in [0.2, 0.25) is 0 Å². The number of benzene rings is 1. The standard InChI is InChI=1S/C23H29N5O5/c1-14-10-11-17(32-14)19(23(2,3)4)25-21-20(26-33-28(21)31)24-16-9-7-8-15(18(16)29)22(30)27-12-5-6-13-27/h7-11,19,31H,5-6,12-13H2,1-4H3,(H2,24,25,26,29,30)/p+1/t19-/m0/s1. The van der Waals surface area contributed by atoms with Crippen LogP contribution in [0.3, 0.4) is 0 Å². The van der Waals surface area contributed by atoms with Gasteiger partial charge in [0.15, 0.2) is 5.75 Å². The van der Waals surface area contributed by atoms with Crippen molar-refractivity contribution in [3.63, 3.8) is 0 Å². The van der Waals surface area contributed by atoms with Crippen LogP contribution in [-0.4, -0.2) is 39.4 Å². The highest BCUT2D eigenvalue weighted by atomic mass is 16.8. The number of amides is 1. The third-order valence-corrected chi connectivity index (χ3v) is 5.73. The van der Waals surface area contributed by atoms with Crippen molar-refractivity contribution in [1.82, 2.24) is 10.1 Å². The van der Waals surface area contributed by atoms with Crippen molar-refractivity contribution in [3.8, 4) is 5.75 Å². The van der Waals surface area contributed by atoms with Gasteiger partial charge >= 0.3 is 11.6 Å². The molecule has 0 unspecified atom stereocenters. The van der Waals surface area contributed by atoms with Gasteiger partial charge in [0.05, 0.1) is 11.3 Å². The molecule has 1 saturated heterocycles. The first-order chi connectivity index (χ1) is 15.6. The van der Waals surface area contributed by atoms with Crippen LogP contribution in [0.4, 0.5) is 17.3 Å². The molecule has 10 nitrogen and oxygen atoms in total. The fourth-order valence-electron chi connectivity index (χ4n) is 3.95. The van der Waals surface area contributed by atoms with Crippen LogP contribution in [0.1, 0.15) is 61.5 Å². The maximum absolute atomic E-state index is 12.8. The molecule has 0 spiro atoms. The molecule has 1 aliphatic rings. The van der Waals surface area contributed by atoms with Crippen molar-refractivity contribution in [1.29, 1.82) is 0 Å². The molecule has 1 aromatic carbocycles. The van der Waals surface area contributed by atoms with Crippen LogP contribution >= 0.6 is 0 Å². The van der Waals surface area contributed by atoms with Gasteiger partial charge in [0, 0.05) is 18.5 Å². The number of hydrogen-bond donors (Lipinski definition) is 4. The van der Waals surface area contributed by atoms with E-state index < -0.39 is 0 Å². The van der Waals surface area contributed by atoms with E-state index in [4.69, 9.17) is 9.05 Å². The Balaban J connectivity index is 1.62. The summed E-state index contributed by atoms with van der Waals surface area (Å²) in [5.74, 6) is 1.32. The zero-order valence-electron chi connectivity index (χ0n) is 19.3. The highest BCUT2D eigenvalue weighted by Gasteiger charge is 2.37. The van der Waals surface area contributed by atoms with E-state index in [9.17, 15) is 15.1 Å². The molecule has 3 aromatic rings. The normalized spacial score (nSPS) is 15.0. The molecule has 0 bridgehead atoms. The van der Waals surface area contributed by atoms with Crippen molar-refractivity contribution in [2.75, 3.05) is 23.7 Å². The lowest BCUT2D eigenvalue weighted by molar-refractivity contribution is -1.03. The molecule has 2 aromatic heterocycles. The minimum atomic E-state index is -0.332. The van der Waals surface area contributed by atoms with Gasteiger partial charge in [-0.25, -0.2) is 0 Å². The van der Waals surface area contributed by atoms with Gasteiger partial charge in [0.25, 0.3) is 5.91 Å². The van der Waals surface area contributed by atoms with E-state index in [2.05, 4.69) is 15.8 Å². The second kappa shape index (κ2) is 8.68. The lowest BCUT2D eigenvalue weighted by Crippen LogP contribution is -2.35. The number of para-hydroxylation sites is 1. The van der Waals surface area contributed by atoms with Gasteiger partial charge < -0.3 is 24.9 Å². The van der Waals surface area contributed by atoms with Crippen LogP contribution in [0.5, 0.6) is 5.75 Å². The van der Waals surface area contributed by atoms with Crippen LogP contribution < -0.4 is 15.5 Å². The molecular formula is C23H30N5O5+. The summed E-state index contributed by atoms with van der Waals surface area (Å²) in [6, 6.07) is 8.30. The van der Waals surface area contributed by atoms with Crippen LogP contribution in [-0.2, 0) is 0 Å². The highest BCUT2D eigenvalue weighted by molar-refractivity contribution is 5.99. The largest absolute Gasteiger partial charge is 0.505 e. The number of aromatic hydroxyl groups is 1. The molecule has 4 N–H and O–H groups in total. The summed E-state index contributed by atoms with van der Waals surface area (Å²) in [5, 5.41) is 31.1. The Morgan fingerprint density at radius 3 is 2.58 bits per heavy atom. The van der Waals surface area contributed by atoms with Gasteiger partial charge in [-0.3, -0.25) is 10.1 Å². The predicted octanol–water partition coefficient (Wildman–Crippen LogP) is 3.99. The number of furan rings is 1. The number of aryl methyl sites for hydroxylation is 1. The maximum Gasteiger partial charge on any atom is 0.367 e. The molecule has 4 rings (SSSR count). The van der Waals surface area contributed by atoms with Crippen molar-refractivity contribution < 1.29 is 29.1 Å². The fourth-order valence-corrected chi connectivity index (χ4v) is 3.95. The number of likely N-dealkylation sites (tertiary alicyclic amines) is 1. The molecule has 1 fully saturated rings. The first kappa shape index (κ1) is 22.5. The summed E-state index contributed by atoms with van der Waals surface area (Å²) >= 11 is 0. The maximum atomic E-state index is 12.8. The summed E-state index contributed by atoms with van der Waals surface area (Å²) in [4.78, 5) is 15.0.